The van der Waals surface area contributed by atoms with Gasteiger partial charge in [0, 0.05) is 24.4 Å². The van der Waals surface area contributed by atoms with E-state index < -0.39 is 10.0 Å². The third kappa shape index (κ3) is 5.34. The van der Waals surface area contributed by atoms with Crippen LogP contribution in [0.15, 0.2) is 58.6 Å². The van der Waals surface area contributed by atoms with Gasteiger partial charge in [-0.05, 0) is 36.4 Å². The maximum Gasteiger partial charge on any atom is 0.243 e. The number of hydrogen-bond donors (Lipinski definition) is 1. The lowest BCUT2D eigenvalue weighted by Crippen LogP contribution is -2.30. The highest BCUT2D eigenvalue weighted by molar-refractivity contribution is 7.99. The second-order valence-electron chi connectivity index (χ2n) is 6.67. The van der Waals surface area contributed by atoms with Gasteiger partial charge < -0.3 is 15.3 Å². The molecule has 0 aliphatic carbocycles. The number of nitrogens with two attached hydrogens (primary N) is 1. The van der Waals surface area contributed by atoms with Crippen molar-refractivity contribution in [2.75, 3.05) is 38.4 Å². The van der Waals surface area contributed by atoms with E-state index in [1.54, 1.807) is 31.4 Å². The van der Waals surface area contributed by atoms with E-state index in [9.17, 15) is 8.42 Å². The first kappa shape index (κ1) is 23.9. The number of ether oxygens (including phenoxy) is 2. The number of benzene rings is 2. The lowest BCUT2D eigenvalue weighted by molar-refractivity contribution is 0.342. The van der Waals surface area contributed by atoms with E-state index in [0.717, 1.165) is 11.5 Å². The average molecular weight is 478 g/mol. The molecule has 1 heterocycles. The van der Waals surface area contributed by atoms with Crippen molar-refractivity contribution in [1.82, 2.24) is 19.2 Å². The highest BCUT2D eigenvalue weighted by Crippen LogP contribution is 2.25. The first-order chi connectivity index (χ1) is 15.4. The maximum atomic E-state index is 12.8. The van der Waals surface area contributed by atoms with Crippen LogP contribution < -0.4 is 15.3 Å². The fraction of sp³-hybridized carbons (Fsp3) is 0.333. The van der Waals surface area contributed by atoms with E-state index in [2.05, 4.69) is 10.2 Å². The number of rotatable bonds is 11. The van der Waals surface area contributed by atoms with Gasteiger partial charge in [0.05, 0.1) is 18.6 Å². The van der Waals surface area contributed by atoms with E-state index in [1.165, 1.54) is 20.7 Å². The number of aromatic nitrogens is 3. The Bertz CT molecular complexity index is 1130. The van der Waals surface area contributed by atoms with Crippen LogP contribution in [0.1, 0.15) is 13.8 Å². The summed E-state index contributed by atoms with van der Waals surface area (Å²) in [6.07, 6.45) is 0. The van der Waals surface area contributed by atoms with Crippen LogP contribution in [0.4, 0.5) is 0 Å². The van der Waals surface area contributed by atoms with Gasteiger partial charge >= 0.3 is 0 Å². The number of hydrogen-bond acceptors (Lipinski definition) is 8. The van der Waals surface area contributed by atoms with Crippen molar-refractivity contribution in [2.24, 2.45) is 0 Å². The summed E-state index contributed by atoms with van der Waals surface area (Å²) in [5.74, 6) is 8.70. The number of nitrogen functional groups attached to an aromatic ring is 1. The van der Waals surface area contributed by atoms with Crippen LogP contribution in [-0.4, -0.2) is 60.2 Å². The quantitative estimate of drug-likeness (QED) is 0.255. The SMILES string of the molecule is CCN(CC)S(=O)(=O)c1cccc(-c2nnc(SCCOc3ccc(OC)cc3)n2N)c1. The molecule has 9 nitrogen and oxygen atoms in total. The molecule has 3 aromatic rings. The number of thioether (sulfide) groups is 1. The molecule has 2 aromatic carbocycles. The van der Waals surface area contributed by atoms with Crippen LogP contribution in [0.3, 0.4) is 0 Å². The zero-order chi connectivity index (χ0) is 23.1. The lowest BCUT2D eigenvalue weighted by Gasteiger charge is -2.18. The summed E-state index contributed by atoms with van der Waals surface area (Å²) in [4.78, 5) is 0.198. The van der Waals surface area contributed by atoms with Gasteiger partial charge in [0.15, 0.2) is 5.82 Å². The minimum atomic E-state index is -3.58. The number of nitrogens with zero attached hydrogens (tertiary/aromatic N) is 4. The monoisotopic (exact) mass is 477 g/mol. The van der Waals surface area contributed by atoms with Crippen LogP contribution in [0.2, 0.25) is 0 Å². The van der Waals surface area contributed by atoms with Crippen LogP contribution in [0.5, 0.6) is 11.5 Å². The highest BCUT2D eigenvalue weighted by atomic mass is 32.2. The van der Waals surface area contributed by atoms with Gasteiger partial charge in [-0.15, -0.1) is 10.2 Å². The number of methoxy groups -OCH3 is 1. The minimum absolute atomic E-state index is 0.198. The maximum absolute atomic E-state index is 12.8. The Morgan fingerprint density at radius 2 is 1.75 bits per heavy atom. The standard InChI is InChI=1S/C21H27N5O4S2/c1-4-25(5-2)32(27,28)19-8-6-7-16(15-19)20-23-24-21(26(20)22)31-14-13-30-18-11-9-17(29-3)10-12-18/h6-12,15H,4-5,13-14,22H2,1-3H3. The fourth-order valence-corrected chi connectivity index (χ4v) is 5.22. The van der Waals surface area contributed by atoms with E-state index in [1.807, 2.05) is 38.1 Å². The molecule has 0 spiro atoms. The topological polar surface area (TPSA) is 113 Å². The molecule has 2 N–H and O–H groups in total. The molecule has 0 fully saturated rings. The van der Waals surface area contributed by atoms with Gasteiger partial charge in [0.25, 0.3) is 0 Å². The van der Waals surface area contributed by atoms with E-state index >= 15 is 0 Å². The van der Waals surface area contributed by atoms with Crippen molar-refractivity contribution in [3.8, 4) is 22.9 Å². The van der Waals surface area contributed by atoms with Crippen LogP contribution >= 0.6 is 11.8 Å². The Kier molecular flexibility index (Phi) is 7.99. The highest BCUT2D eigenvalue weighted by Gasteiger charge is 2.23. The van der Waals surface area contributed by atoms with Crippen LogP contribution in [-0.2, 0) is 10.0 Å². The van der Waals surface area contributed by atoms with Crippen molar-refractivity contribution >= 4 is 21.8 Å². The molecule has 1 aromatic heterocycles. The van der Waals surface area contributed by atoms with E-state index in [4.69, 9.17) is 15.3 Å². The first-order valence-corrected chi connectivity index (χ1v) is 12.5. The van der Waals surface area contributed by atoms with Crippen LogP contribution in [0, 0.1) is 0 Å². The molecule has 0 aliphatic rings. The Balaban J connectivity index is 1.66. The van der Waals surface area contributed by atoms with Gasteiger partial charge in [0.1, 0.15) is 11.5 Å². The molecule has 0 saturated heterocycles. The second kappa shape index (κ2) is 10.7. The van der Waals surface area contributed by atoms with Crippen molar-refractivity contribution in [2.45, 2.75) is 23.9 Å². The molecular weight excluding hydrogens is 450 g/mol. The summed E-state index contributed by atoms with van der Waals surface area (Å²) < 4.78 is 39.2. The molecule has 172 valence electrons. The van der Waals surface area contributed by atoms with Crippen molar-refractivity contribution in [1.29, 1.82) is 0 Å². The predicted molar refractivity (Wildman–Crippen MR) is 125 cm³/mol. The number of sulfonamides is 1. The van der Waals surface area contributed by atoms with Gasteiger partial charge in [-0.2, -0.15) is 4.31 Å². The largest absolute Gasteiger partial charge is 0.497 e. The molecule has 0 amide bonds. The zero-order valence-electron chi connectivity index (χ0n) is 18.3. The van der Waals surface area contributed by atoms with Gasteiger partial charge in [0.2, 0.25) is 15.2 Å². The Labute approximate surface area is 192 Å². The summed E-state index contributed by atoms with van der Waals surface area (Å²) in [7, 11) is -1.97. The van der Waals surface area contributed by atoms with Gasteiger partial charge in [-0.3, -0.25) is 0 Å². The third-order valence-corrected chi connectivity index (χ3v) is 7.70. The second-order valence-corrected chi connectivity index (χ2v) is 9.67. The average Bonchev–Trinajstić information content (AvgIpc) is 3.18. The smallest absolute Gasteiger partial charge is 0.243 e. The molecule has 0 bridgehead atoms. The summed E-state index contributed by atoms with van der Waals surface area (Å²) in [5.41, 5.74) is 0.578. The molecule has 0 saturated carbocycles. The lowest BCUT2D eigenvalue weighted by atomic mass is 10.2. The van der Waals surface area contributed by atoms with Gasteiger partial charge in [-0.25, -0.2) is 13.1 Å². The van der Waals surface area contributed by atoms with Crippen molar-refractivity contribution in [3.05, 3.63) is 48.5 Å². The summed E-state index contributed by atoms with van der Waals surface area (Å²) in [5, 5.41) is 8.80. The normalized spacial score (nSPS) is 11.6. The Morgan fingerprint density at radius 3 is 2.41 bits per heavy atom. The molecule has 0 aliphatic heterocycles. The predicted octanol–water partition coefficient (Wildman–Crippen LogP) is 2.87. The molecule has 32 heavy (non-hydrogen) atoms. The minimum Gasteiger partial charge on any atom is -0.497 e. The summed E-state index contributed by atoms with van der Waals surface area (Å²) in [6.45, 7) is 4.87. The third-order valence-electron chi connectivity index (χ3n) is 4.74. The first-order valence-electron chi connectivity index (χ1n) is 10.1. The van der Waals surface area contributed by atoms with Crippen molar-refractivity contribution in [3.63, 3.8) is 0 Å². The molecular formula is C21H27N5O4S2. The van der Waals surface area contributed by atoms with Gasteiger partial charge in [-0.1, -0.05) is 37.7 Å². The molecule has 11 heteroatoms. The fourth-order valence-electron chi connectivity index (χ4n) is 3.04. The Hall–Kier alpha value is -2.76. The molecule has 0 atom stereocenters. The zero-order valence-corrected chi connectivity index (χ0v) is 19.9. The molecule has 3 rings (SSSR count). The molecule has 0 radical (unpaired) electrons. The van der Waals surface area contributed by atoms with Crippen molar-refractivity contribution < 1.29 is 17.9 Å². The van der Waals surface area contributed by atoms with E-state index in [-0.39, 0.29) is 4.90 Å². The van der Waals surface area contributed by atoms with Crippen LogP contribution in [0.25, 0.3) is 11.4 Å². The summed E-state index contributed by atoms with van der Waals surface area (Å²) >= 11 is 1.40. The molecule has 0 unspecified atom stereocenters. The Morgan fingerprint density at radius 1 is 1.06 bits per heavy atom. The summed E-state index contributed by atoms with van der Waals surface area (Å²) in [6, 6.07) is 13.9. The van der Waals surface area contributed by atoms with E-state index in [0.29, 0.717) is 42.0 Å².